The molecule has 0 N–H and O–H groups in total. The maximum atomic E-state index is 13.5. The Labute approximate surface area is 217 Å². The lowest BCUT2D eigenvalue weighted by atomic mass is 10.1. The first-order valence-corrected chi connectivity index (χ1v) is 12.5. The van der Waals surface area contributed by atoms with Gasteiger partial charge in [0.05, 0.1) is 23.7 Å². The smallest absolute Gasteiger partial charge is 0.255 e. The molecule has 0 saturated heterocycles. The van der Waals surface area contributed by atoms with E-state index in [0.717, 1.165) is 10.4 Å². The fourth-order valence-electron chi connectivity index (χ4n) is 3.63. The van der Waals surface area contributed by atoms with Crippen molar-refractivity contribution in [2.24, 2.45) is 0 Å². The number of carbonyl (C=O) groups is 2. The Morgan fingerprint density at radius 2 is 1.86 bits per heavy atom. The Morgan fingerprint density at radius 3 is 2.60 bits per heavy atom. The first-order valence-electron chi connectivity index (χ1n) is 10.9. The van der Waals surface area contributed by atoms with Gasteiger partial charge in [0.2, 0.25) is 12.7 Å². The number of hydrogen-bond acceptors (Lipinski definition) is 6. The van der Waals surface area contributed by atoms with E-state index < -0.39 is 0 Å². The standard InChI is InChI=1S/C25H24Cl2N2O5S/c1-32-9-8-28(25(31)20-6-5-18(26)12-21(20)27)15-24(30)29(14-19-3-2-10-35-19)13-17-4-7-22-23(11-17)34-16-33-22/h2-7,10-12H,8-9,13-16H2,1H3. The van der Waals surface area contributed by atoms with Crippen LogP contribution < -0.4 is 9.47 Å². The van der Waals surface area contributed by atoms with Crippen LogP contribution in [0.5, 0.6) is 11.5 Å². The van der Waals surface area contributed by atoms with Gasteiger partial charge in [-0.15, -0.1) is 11.3 Å². The molecule has 1 aromatic heterocycles. The SMILES string of the molecule is COCCN(CC(=O)N(Cc1ccc2c(c1)OCO2)Cc1cccs1)C(=O)c1ccc(Cl)cc1Cl. The van der Waals surface area contributed by atoms with E-state index in [4.69, 9.17) is 37.4 Å². The lowest BCUT2D eigenvalue weighted by Gasteiger charge is -2.28. The highest BCUT2D eigenvalue weighted by Crippen LogP contribution is 2.33. The summed E-state index contributed by atoms with van der Waals surface area (Å²) in [5.41, 5.74) is 1.18. The Balaban J connectivity index is 1.55. The molecule has 2 aromatic carbocycles. The van der Waals surface area contributed by atoms with E-state index in [1.807, 2.05) is 35.7 Å². The molecule has 1 aliphatic rings. The number of nitrogens with zero attached hydrogens (tertiary/aromatic N) is 2. The minimum atomic E-state index is -0.365. The molecule has 0 bridgehead atoms. The number of rotatable bonds is 10. The van der Waals surface area contributed by atoms with E-state index in [9.17, 15) is 9.59 Å². The van der Waals surface area contributed by atoms with Gasteiger partial charge in [0.15, 0.2) is 11.5 Å². The molecule has 1 aliphatic heterocycles. The van der Waals surface area contributed by atoms with E-state index in [-0.39, 0.29) is 48.9 Å². The number of methoxy groups -OCH3 is 1. The molecular formula is C25H24Cl2N2O5S. The van der Waals surface area contributed by atoms with Crippen LogP contribution in [0.4, 0.5) is 0 Å². The van der Waals surface area contributed by atoms with Crippen LogP contribution in [0.25, 0.3) is 0 Å². The van der Waals surface area contributed by atoms with Crippen molar-refractivity contribution in [3.8, 4) is 11.5 Å². The largest absolute Gasteiger partial charge is 0.454 e. The molecule has 2 heterocycles. The highest BCUT2D eigenvalue weighted by atomic mass is 35.5. The zero-order valence-electron chi connectivity index (χ0n) is 19.0. The average molecular weight is 535 g/mol. The number of hydrogen-bond donors (Lipinski definition) is 0. The number of amides is 2. The molecule has 184 valence electrons. The number of fused-ring (bicyclic) bond motifs is 1. The second kappa shape index (κ2) is 11.8. The van der Waals surface area contributed by atoms with Gasteiger partial charge < -0.3 is 24.0 Å². The Hall–Kier alpha value is -2.78. The monoisotopic (exact) mass is 534 g/mol. The third-order valence-corrected chi connectivity index (χ3v) is 6.84. The predicted molar refractivity (Wildman–Crippen MR) is 135 cm³/mol. The Bertz CT molecular complexity index is 1190. The van der Waals surface area contributed by atoms with Crippen molar-refractivity contribution < 1.29 is 23.8 Å². The van der Waals surface area contributed by atoms with E-state index in [1.54, 1.807) is 35.5 Å². The predicted octanol–water partition coefficient (Wildman–Crippen LogP) is 5.10. The molecule has 3 aromatic rings. The van der Waals surface area contributed by atoms with E-state index >= 15 is 0 Å². The molecule has 0 spiro atoms. The van der Waals surface area contributed by atoms with Crippen molar-refractivity contribution in [2.45, 2.75) is 13.1 Å². The van der Waals surface area contributed by atoms with Gasteiger partial charge in [0.25, 0.3) is 5.91 Å². The Morgan fingerprint density at radius 1 is 1.03 bits per heavy atom. The first kappa shape index (κ1) is 25.3. The highest BCUT2D eigenvalue weighted by molar-refractivity contribution is 7.09. The van der Waals surface area contributed by atoms with Crippen LogP contribution in [-0.2, 0) is 22.6 Å². The highest BCUT2D eigenvalue weighted by Gasteiger charge is 2.25. The van der Waals surface area contributed by atoms with Gasteiger partial charge >= 0.3 is 0 Å². The molecule has 4 rings (SSSR count). The lowest BCUT2D eigenvalue weighted by molar-refractivity contribution is -0.133. The zero-order valence-corrected chi connectivity index (χ0v) is 21.4. The average Bonchev–Trinajstić information content (AvgIpc) is 3.52. The maximum Gasteiger partial charge on any atom is 0.255 e. The third kappa shape index (κ3) is 6.46. The van der Waals surface area contributed by atoms with Gasteiger partial charge in [0, 0.05) is 30.1 Å². The molecule has 0 fully saturated rings. The number of halogens is 2. The second-order valence-corrected chi connectivity index (χ2v) is 9.74. The first-order chi connectivity index (χ1) is 16.9. The quantitative estimate of drug-likeness (QED) is 0.362. The summed E-state index contributed by atoms with van der Waals surface area (Å²) in [6.07, 6.45) is 0. The molecule has 0 aliphatic carbocycles. The second-order valence-electron chi connectivity index (χ2n) is 7.86. The van der Waals surface area contributed by atoms with Crippen LogP contribution in [-0.4, -0.2) is 55.2 Å². The topological polar surface area (TPSA) is 68.3 Å². The van der Waals surface area contributed by atoms with E-state index in [0.29, 0.717) is 29.6 Å². The molecule has 2 amide bonds. The van der Waals surface area contributed by atoms with Gasteiger partial charge in [-0.25, -0.2) is 0 Å². The van der Waals surface area contributed by atoms with Crippen molar-refractivity contribution >= 4 is 46.4 Å². The van der Waals surface area contributed by atoms with Gasteiger partial charge in [-0.2, -0.15) is 0 Å². The molecule has 0 atom stereocenters. The van der Waals surface area contributed by atoms with Gasteiger partial charge in [-0.1, -0.05) is 35.3 Å². The molecule has 35 heavy (non-hydrogen) atoms. The summed E-state index contributed by atoms with van der Waals surface area (Å²) < 4.78 is 16.1. The molecule has 0 saturated carbocycles. The van der Waals surface area contributed by atoms with Crippen LogP contribution in [0, 0.1) is 0 Å². The van der Waals surface area contributed by atoms with Crippen molar-refractivity contribution in [3.63, 3.8) is 0 Å². The number of benzene rings is 2. The molecule has 10 heteroatoms. The van der Waals surface area contributed by atoms with Crippen molar-refractivity contribution in [2.75, 3.05) is 33.6 Å². The fourth-order valence-corrected chi connectivity index (χ4v) is 4.84. The molecule has 7 nitrogen and oxygen atoms in total. The fraction of sp³-hybridized carbons (Fsp3) is 0.280. The van der Waals surface area contributed by atoms with Crippen LogP contribution in [0.15, 0.2) is 53.9 Å². The summed E-state index contributed by atoms with van der Waals surface area (Å²) in [5.74, 6) is 0.767. The van der Waals surface area contributed by atoms with Crippen LogP contribution in [0.3, 0.4) is 0 Å². The zero-order chi connectivity index (χ0) is 24.8. The summed E-state index contributed by atoms with van der Waals surface area (Å²) in [5, 5.41) is 2.63. The number of thiophene rings is 1. The van der Waals surface area contributed by atoms with Crippen molar-refractivity contribution in [3.05, 3.63) is 80.0 Å². The van der Waals surface area contributed by atoms with E-state index in [2.05, 4.69) is 0 Å². The van der Waals surface area contributed by atoms with Crippen molar-refractivity contribution in [1.82, 2.24) is 9.80 Å². The van der Waals surface area contributed by atoms with Crippen LogP contribution in [0.1, 0.15) is 20.8 Å². The van der Waals surface area contributed by atoms with Crippen LogP contribution in [0.2, 0.25) is 10.0 Å². The van der Waals surface area contributed by atoms with Gasteiger partial charge in [-0.05, 0) is 47.3 Å². The normalized spacial score (nSPS) is 12.0. The summed E-state index contributed by atoms with van der Waals surface area (Å²) in [4.78, 5) is 31.0. The summed E-state index contributed by atoms with van der Waals surface area (Å²) in [6, 6.07) is 14.2. The van der Waals surface area contributed by atoms with Crippen molar-refractivity contribution in [1.29, 1.82) is 0 Å². The maximum absolute atomic E-state index is 13.5. The minimum Gasteiger partial charge on any atom is -0.454 e. The summed E-state index contributed by atoms with van der Waals surface area (Å²) in [7, 11) is 1.54. The summed E-state index contributed by atoms with van der Waals surface area (Å²) >= 11 is 13.8. The van der Waals surface area contributed by atoms with Gasteiger partial charge in [-0.3, -0.25) is 9.59 Å². The molecule has 0 radical (unpaired) electrons. The number of carbonyl (C=O) groups excluding carboxylic acids is 2. The summed E-state index contributed by atoms with van der Waals surface area (Å²) in [6.45, 7) is 1.33. The molecule has 0 unspecified atom stereocenters. The van der Waals surface area contributed by atoms with E-state index in [1.165, 1.54) is 11.0 Å². The lowest BCUT2D eigenvalue weighted by Crippen LogP contribution is -2.43. The molecular weight excluding hydrogens is 511 g/mol. The van der Waals surface area contributed by atoms with Crippen LogP contribution >= 0.6 is 34.5 Å². The number of ether oxygens (including phenoxy) is 3. The Kier molecular flexibility index (Phi) is 8.51. The minimum absolute atomic E-state index is 0.128. The van der Waals surface area contributed by atoms with Gasteiger partial charge in [0.1, 0.15) is 6.54 Å². The third-order valence-electron chi connectivity index (χ3n) is 5.43.